The molecule has 1 aromatic carbocycles. The Morgan fingerprint density at radius 1 is 1.38 bits per heavy atom. The maximum absolute atomic E-state index is 13.4. The summed E-state index contributed by atoms with van der Waals surface area (Å²) in [5.74, 6) is -4.93. The van der Waals surface area contributed by atoms with Crippen molar-refractivity contribution >= 4 is 21.8 Å². The molecule has 3 N–H and O–H groups in total. The smallest absolute Gasteiger partial charge is 0.426 e. The minimum absolute atomic E-state index is 0.479. The molecule has 0 aliphatic heterocycles. The van der Waals surface area contributed by atoms with Crippen LogP contribution < -0.4 is 5.73 Å². The van der Waals surface area contributed by atoms with Crippen molar-refractivity contribution < 1.29 is 40.1 Å². The van der Waals surface area contributed by atoms with Gasteiger partial charge in [0.15, 0.2) is 0 Å². The zero-order valence-electron chi connectivity index (χ0n) is 10.1. The van der Waals surface area contributed by atoms with Crippen LogP contribution in [-0.2, 0) is 14.9 Å². The van der Waals surface area contributed by atoms with Crippen molar-refractivity contribution in [3.05, 3.63) is 29.6 Å². The van der Waals surface area contributed by atoms with Crippen LogP contribution in [0.25, 0.3) is 0 Å². The van der Waals surface area contributed by atoms with E-state index in [4.69, 9.17) is 10.3 Å². The fraction of sp³-hybridized carbons (Fsp3) is 0.300. The topological polar surface area (TPSA) is 107 Å². The summed E-state index contributed by atoms with van der Waals surface area (Å²) in [5.41, 5.74) is 3.81. The summed E-state index contributed by atoms with van der Waals surface area (Å²) < 4.78 is 84.4. The maximum Gasteiger partial charge on any atom is 0.426 e. The quantitative estimate of drug-likeness (QED) is 0.374. The summed E-state index contributed by atoms with van der Waals surface area (Å²) >= 11 is 0. The van der Waals surface area contributed by atoms with Crippen molar-refractivity contribution in [2.24, 2.45) is 0 Å². The predicted octanol–water partition coefficient (Wildman–Crippen LogP) is 1.38. The molecule has 0 radical (unpaired) electrons. The number of rotatable bonds is 4. The average molecular weight is 331 g/mol. The van der Waals surface area contributed by atoms with Crippen LogP contribution in [0.3, 0.4) is 0 Å². The highest BCUT2D eigenvalue weighted by atomic mass is 32.2. The van der Waals surface area contributed by atoms with Crippen molar-refractivity contribution in [2.45, 2.75) is 12.3 Å². The second-order valence-corrected chi connectivity index (χ2v) is 5.39. The number of halogens is 4. The van der Waals surface area contributed by atoms with Crippen LogP contribution in [-0.4, -0.2) is 37.0 Å². The third-order valence-corrected chi connectivity index (χ3v) is 2.95. The van der Waals surface area contributed by atoms with Crippen molar-refractivity contribution in [3.8, 4) is 0 Å². The van der Waals surface area contributed by atoms with Gasteiger partial charge in [-0.2, -0.15) is 21.6 Å². The summed E-state index contributed by atoms with van der Waals surface area (Å²) in [7, 11) is -5.08. The summed E-state index contributed by atoms with van der Waals surface area (Å²) in [6.07, 6.45) is -8.43. The summed E-state index contributed by atoms with van der Waals surface area (Å²) in [6, 6.07) is 2.92. The molecule has 0 bridgehead atoms. The van der Waals surface area contributed by atoms with Gasteiger partial charge in [0.05, 0.1) is 0 Å². The van der Waals surface area contributed by atoms with E-state index < -0.39 is 51.2 Å². The highest BCUT2D eigenvalue weighted by Crippen LogP contribution is 2.26. The van der Waals surface area contributed by atoms with Gasteiger partial charge in [-0.15, -0.1) is 0 Å². The number of hydrogen-bond acceptors (Lipinski definition) is 5. The first-order valence-corrected chi connectivity index (χ1v) is 6.79. The molecular weight excluding hydrogens is 322 g/mol. The zero-order valence-corrected chi connectivity index (χ0v) is 10.9. The van der Waals surface area contributed by atoms with E-state index in [2.05, 4.69) is 4.74 Å². The van der Waals surface area contributed by atoms with E-state index in [0.29, 0.717) is 0 Å². The number of benzene rings is 1. The number of esters is 1. The van der Waals surface area contributed by atoms with E-state index in [1.54, 1.807) is 0 Å². The zero-order chi connectivity index (χ0) is 16.4. The van der Waals surface area contributed by atoms with Gasteiger partial charge in [0.2, 0.25) is 6.10 Å². The Labute approximate surface area is 116 Å². The van der Waals surface area contributed by atoms with Crippen LogP contribution in [0.2, 0.25) is 0 Å². The summed E-state index contributed by atoms with van der Waals surface area (Å²) in [5, 5.41) is 0. The number of alkyl halides is 3. The molecule has 1 aromatic rings. The van der Waals surface area contributed by atoms with E-state index in [-0.39, 0.29) is 0 Å². The van der Waals surface area contributed by atoms with Gasteiger partial charge in [-0.1, -0.05) is 6.07 Å². The lowest BCUT2D eigenvalue weighted by Gasteiger charge is -2.19. The standard InChI is InChI=1S/C10H9F4NO5S/c11-5-2-1-3-6(15)8(5)9(16)20-7(10(12,13)14)4-21(17,18)19/h1-3,7H,4,15H2,(H,17,18,19). The van der Waals surface area contributed by atoms with E-state index >= 15 is 0 Å². The lowest BCUT2D eigenvalue weighted by molar-refractivity contribution is -0.197. The van der Waals surface area contributed by atoms with Crippen LogP contribution in [0.1, 0.15) is 10.4 Å². The maximum atomic E-state index is 13.4. The first-order valence-electron chi connectivity index (χ1n) is 5.18. The predicted molar refractivity (Wildman–Crippen MR) is 62.5 cm³/mol. The van der Waals surface area contributed by atoms with E-state index in [1.165, 1.54) is 0 Å². The van der Waals surface area contributed by atoms with Crippen LogP contribution in [0, 0.1) is 5.82 Å². The molecule has 6 nitrogen and oxygen atoms in total. The van der Waals surface area contributed by atoms with Crippen LogP contribution in [0.4, 0.5) is 23.2 Å². The lowest BCUT2D eigenvalue weighted by Crippen LogP contribution is -2.39. The highest BCUT2D eigenvalue weighted by Gasteiger charge is 2.46. The van der Waals surface area contributed by atoms with Gasteiger partial charge < -0.3 is 10.5 Å². The third-order valence-electron chi connectivity index (χ3n) is 2.23. The Morgan fingerprint density at radius 2 is 1.95 bits per heavy atom. The molecule has 0 fully saturated rings. The molecule has 1 unspecified atom stereocenters. The van der Waals surface area contributed by atoms with E-state index in [0.717, 1.165) is 18.2 Å². The molecule has 1 rings (SSSR count). The molecule has 0 spiro atoms. The Bertz CT molecular complexity index is 623. The van der Waals surface area contributed by atoms with Gasteiger partial charge in [0, 0.05) is 5.69 Å². The fourth-order valence-corrected chi connectivity index (χ4v) is 1.97. The molecule has 0 aromatic heterocycles. The van der Waals surface area contributed by atoms with Crippen molar-refractivity contribution in [1.29, 1.82) is 0 Å². The Morgan fingerprint density at radius 3 is 2.38 bits per heavy atom. The number of nitrogen functional groups attached to an aromatic ring is 1. The van der Waals surface area contributed by atoms with Gasteiger partial charge in [-0.25, -0.2) is 9.18 Å². The second kappa shape index (κ2) is 5.85. The minimum Gasteiger partial charge on any atom is -0.448 e. The van der Waals surface area contributed by atoms with Crippen molar-refractivity contribution in [1.82, 2.24) is 0 Å². The molecule has 21 heavy (non-hydrogen) atoms. The third kappa shape index (κ3) is 4.86. The van der Waals surface area contributed by atoms with Gasteiger partial charge in [0.25, 0.3) is 10.1 Å². The molecule has 0 saturated heterocycles. The molecule has 0 aliphatic rings. The monoisotopic (exact) mass is 331 g/mol. The lowest BCUT2D eigenvalue weighted by atomic mass is 10.1. The Balaban J connectivity index is 3.07. The molecule has 0 saturated carbocycles. The normalized spacial score (nSPS) is 13.8. The fourth-order valence-electron chi connectivity index (χ4n) is 1.33. The molecular formula is C10H9F4NO5S. The number of nitrogens with two attached hydrogens (primary N) is 1. The molecule has 118 valence electrons. The first kappa shape index (κ1) is 17.2. The molecule has 0 amide bonds. The molecule has 0 aliphatic carbocycles. The highest BCUT2D eigenvalue weighted by molar-refractivity contribution is 7.85. The number of hydrogen-bond donors (Lipinski definition) is 2. The number of carbonyl (C=O) groups excluding carboxylic acids is 1. The second-order valence-electron chi connectivity index (χ2n) is 3.89. The SMILES string of the molecule is Nc1cccc(F)c1C(=O)OC(CS(=O)(=O)O)C(F)(F)F. The number of carbonyl (C=O) groups is 1. The first-order chi connectivity index (χ1) is 9.42. The van der Waals surface area contributed by atoms with Crippen LogP contribution in [0.15, 0.2) is 18.2 Å². The van der Waals surface area contributed by atoms with Gasteiger partial charge >= 0.3 is 12.1 Å². The van der Waals surface area contributed by atoms with Gasteiger partial charge in [-0.3, -0.25) is 4.55 Å². The van der Waals surface area contributed by atoms with Gasteiger partial charge in [0.1, 0.15) is 17.1 Å². The number of anilines is 1. The van der Waals surface area contributed by atoms with E-state index in [1.807, 2.05) is 0 Å². The largest absolute Gasteiger partial charge is 0.448 e. The summed E-state index contributed by atoms with van der Waals surface area (Å²) in [4.78, 5) is 11.5. The van der Waals surface area contributed by atoms with Crippen LogP contribution in [0.5, 0.6) is 0 Å². The van der Waals surface area contributed by atoms with Crippen molar-refractivity contribution in [2.75, 3.05) is 11.5 Å². The Hall–Kier alpha value is -1.88. The van der Waals surface area contributed by atoms with E-state index in [9.17, 15) is 30.8 Å². The Kier molecular flexibility index (Phi) is 4.79. The van der Waals surface area contributed by atoms with Gasteiger partial charge in [-0.05, 0) is 12.1 Å². The van der Waals surface area contributed by atoms with Crippen LogP contribution >= 0.6 is 0 Å². The molecule has 11 heteroatoms. The van der Waals surface area contributed by atoms with Crippen molar-refractivity contribution in [3.63, 3.8) is 0 Å². The molecule has 0 heterocycles. The summed E-state index contributed by atoms with van der Waals surface area (Å²) in [6.45, 7) is 0. The minimum atomic E-state index is -5.27. The average Bonchev–Trinajstić information content (AvgIpc) is 2.24. The number of ether oxygens (including phenoxy) is 1. The molecule has 1 atom stereocenters.